The smallest absolute Gasteiger partial charge is 0.0743 e. The molecule has 19 heavy (non-hydrogen) atoms. The molecule has 1 heterocycles. The first-order valence-corrected chi connectivity index (χ1v) is 9.76. The van der Waals surface area contributed by atoms with Crippen molar-refractivity contribution in [3.05, 3.63) is 15.9 Å². The molecule has 0 bridgehead atoms. The van der Waals surface area contributed by atoms with Crippen molar-refractivity contribution in [2.24, 2.45) is 5.92 Å². The van der Waals surface area contributed by atoms with Gasteiger partial charge >= 0.3 is 0 Å². The van der Waals surface area contributed by atoms with E-state index in [9.17, 15) is 0 Å². The lowest BCUT2D eigenvalue weighted by Gasteiger charge is -2.30. The third-order valence-corrected chi connectivity index (χ3v) is 7.71. The van der Waals surface area contributed by atoms with Gasteiger partial charge in [0.1, 0.15) is 0 Å². The highest BCUT2D eigenvalue weighted by atomic mass is 79.9. The van der Waals surface area contributed by atoms with Crippen LogP contribution in [0.3, 0.4) is 0 Å². The minimum absolute atomic E-state index is 0.789. The van der Waals surface area contributed by atoms with Gasteiger partial charge in [0, 0.05) is 9.72 Å². The predicted octanol–water partition coefficient (Wildman–Crippen LogP) is 5.50. The van der Waals surface area contributed by atoms with Gasteiger partial charge in [0.05, 0.1) is 4.21 Å². The van der Waals surface area contributed by atoms with Gasteiger partial charge in [-0.15, -0.1) is 23.1 Å². The summed E-state index contributed by atoms with van der Waals surface area (Å²) in [6, 6.07) is 2.18. The fraction of sp³-hybridized carbons (Fsp3) is 0.733. The normalized spacial score (nSPS) is 18.9. The highest BCUT2D eigenvalue weighted by Crippen LogP contribution is 2.42. The van der Waals surface area contributed by atoms with Crippen molar-refractivity contribution in [3.8, 4) is 0 Å². The predicted molar refractivity (Wildman–Crippen MR) is 91.4 cm³/mol. The topological polar surface area (TPSA) is 3.24 Å². The van der Waals surface area contributed by atoms with E-state index >= 15 is 0 Å². The molecule has 0 amide bonds. The largest absolute Gasteiger partial charge is 0.309 e. The van der Waals surface area contributed by atoms with Gasteiger partial charge in [0.2, 0.25) is 0 Å². The third-order valence-electron chi connectivity index (χ3n) is 3.88. The highest BCUT2D eigenvalue weighted by Gasteiger charge is 2.25. The van der Waals surface area contributed by atoms with Gasteiger partial charge in [-0.05, 0) is 73.2 Å². The monoisotopic (exact) mass is 361 g/mol. The van der Waals surface area contributed by atoms with Crippen LogP contribution in [0.4, 0.5) is 0 Å². The zero-order chi connectivity index (χ0) is 13.7. The third kappa shape index (κ3) is 5.07. The summed E-state index contributed by atoms with van der Waals surface area (Å²) in [6.45, 7) is 1.21. The SMILES string of the molecule is CN(C)CCC(Sc1sccc1Br)C1CCCCC1. The van der Waals surface area contributed by atoms with Gasteiger partial charge in [-0.25, -0.2) is 0 Å². The van der Waals surface area contributed by atoms with Gasteiger partial charge in [-0.3, -0.25) is 0 Å². The van der Waals surface area contributed by atoms with Crippen LogP contribution in [0.15, 0.2) is 20.1 Å². The first-order chi connectivity index (χ1) is 9.16. The van der Waals surface area contributed by atoms with Crippen LogP contribution in [-0.4, -0.2) is 30.8 Å². The van der Waals surface area contributed by atoms with Crippen molar-refractivity contribution in [1.82, 2.24) is 4.90 Å². The number of nitrogens with zero attached hydrogens (tertiary/aromatic N) is 1. The molecule has 1 nitrogen and oxygen atoms in total. The van der Waals surface area contributed by atoms with Crippen LogP contribution in [0.1, 0.15) is 38.5 Å². The molecule has 0 aromatic carbocycles. The molecule has 1 atom stereocenters. The van der Waals surface area contributed by atoms with E-state index in [1.165, 1.54) is 53.8 Å². The van der Waals surface area contributed by atoms with E-state index in [0.29, 0.717) is 0 Å². The van der Waals surface area contributed by atoms with E-state index < -0.39 is 0 Å². The van der Waals surface area contributed by atoms with Gasteiger partial charge < -0.3 is 4.90 Å². The van der Waals surface area contributed by atoms with Crippen molar-refractivity contribution in [3.63, 3.8) is 0 Å². The number of hydrogen-bond acceptors (Lipinski definition) is 3. The van der Waals surface area contributed by atoms with Gasteiger partial charge in [-0.2, -0.15) is 0 Å². The maximum absolute atomic E-state index is 3.68. The van der Waals surface area contributed by atoms with E-state index in [1.54, 1.807) is 0 Å². The summed E-state index contributed by atoms with van der Waals surface area (Å²) >= 11 is 7.67. The van der Waals surface area contributed by atoms with E-state index in [2.05, 4.69) is 58.1 Å². The summed E-state index contributed by atoms with van der Waals surface area (Å²) in [5, 5.41) is 2.98. The quantitative estimate of drug-likeness (QED) is 0.615. The molecule has 0 N–H and O–H groups in total. The van der Waals surface area contributed by atoms with E-state index in [4.69, 9.17) is 0 Å². The van der Waals surface area contributed by atoms with E-state index in [0.717, 1.165) is 11.2 Å². The Balaban J connectivity index is 1.98. The Labute approximate surface area is 134 Å². The summed E-state index contributed by atoms with van der Waals surface area (Å²) in [5.41, 5.74) is 0. The molecule has 0 radical (unpaired) electrons. The second kappa shape index (κ2) is 8.06. The van der Waals surface area contributed by atoms with Gasteiger partial charge in [-0.1, -0.05) is 19.3 Å². The number of hydrogen-bond donors (Lipinski definition) is 0. The Bertz CT molecular complexity index is 372. The summed E-state index contributed by atoms with van der Waals surface area (Å²) in [6.07, 6.45) is 8.52. The summed E-state index contributed by atoms with van der Waals surface area (Å²) in [5.74, 6) is 0.924. The van der Waals surface area contributed by atoms with E-state index in [-0.39, 0.29) is 0 Å². The lowest BCUT2D eigenvalue weighted by atomic mass is 9.85. The average Bonchev–Trinajstić information content (AvgIpc) is 2.81. The lowest BCUT2D eigenvalue weighted by molar-refractivity contribution is 0.316. The molecule has 1 aliphatic rings. The number of rotatable bonds is 6. The molecule has 4 heteroatoms. The lowest BCUT2D eigenvalue weighted by Crippen LogP contribution is -2.25. The molecule has 1 fully saturated rings. The van der Waals surface area contributed by atoms with Gasteiger partial charge in [0.25, 0.3) is 0 Å². The average molecular weight is 362 g/mol. The molecular weight excluding hydrogens is 338 g/mol. The van der Waals surface area contributed by atoms with Crippen LogP contribution < -0.4 is 0 Å². The molecule has 1 unspecified atom stereocenters. The molecule has 1 aromatic rings. The minimum Gasteiger partial charge on any atom is -0.309 e. The molecule has 0 saturated heterocycles. The zero-order valence-electron chi connectivity index (χ0n) is 11.9. The molecule has 108 valence electrons. The second-order valence-electron chi connectivity index (χ2n) is 5.70. The number of thiophene rings is 1. The van der Waals surface area contributed by atoms with Gasteiger partial charge in [0.15, 0.2) is 0 Å². The second-order valence-corrected chi connectivity index (χ2v) is 8.98. The summed E-state index contributed by atoms with van der Waals surface area (Å²) in [4.78, 5) is 2.32. The molecule has 1 aromatic heterocycles. The van der Waals surface area contributed by atoms with Crippen molar-refractivity contribution in [2.75, 3.05) is 20.6 Å². The van der Waals surface area contributed by atoms with Crippen LogP contribution in [0, 0.1) is 5.92 Å². The Kier molecular flexibility index (Phi) is 6.73. The Morgan fingerprint density at radius 3 is 2.68 bits per heavy atom. The molecule has 0 aliphatic heterocycles. The number of halogens is 1. The molecular formula is C15H24BrNS2. The molecule has 1 saturated carbocycles. The fourth-order valence-electron chi connectivity index (χ4n) is 2.78. The Hall–Kier alpha value is 0.490. The Morgan fingerprint density at radius 1 is 1.37 bits per heavy atom. The van der Waals surface area contributed by atoms with E-state index in [1.807, 2.05) is 11.3 Å². The minimum atomic E-state index is 0.789. The maximum Gasteiger partial charge on any atom is 0.0743 e. The highest BCUT2D eigenvalue weighted by molar-refractivity contribution is 9.10. The van der Waals surface area contributed by atoms with Crippen LogP contribution in [0.5, 0.6) is 0 Å². The molecule has 0 spiro atoms. The zero-order valence-corrected chi connectivity index (χ0v) is 15.1. The first-order valence-electron chi connectivity index (χ1n) is 7.21. The molecule has 2 rings (SSSR count). The van der Waals surface area contributed by atoms with Crippen molar-refractivity contribution >= 4 is 39.0 Å². The Morgan fingerprint density at radius 2 is 2.11 bits per heavy atom. The maximum atomic E-state index is 3.68. The fourth-order valence-corrected chi connectivity index (χ4v) is 6.06. The number of thioether (sulfide) groups is 1. The van der Waals surface area contributed by atoms with Crippen LogP contribution in [0.2, 0.25) is 0 Å². The standard InChI is InChI=1S/C15H24BrNS2/c1-17(2)10-8-14(12-6-4-3-5-7-12)19-15-13(16)9-11-18-15/h9,11-12,14H,3-8,10H2,1-2H3. The molecule has 1 aliphatic carbocycles. The summed E-state index contributed by atoms with van der Waals surface area (Å²) in [7, 11) is 4.37. The van der Waals surface area contributed by atoms with Crippen LogP contribution in [0.25, 0.3) is 0 Å². The van der Waals surface area contributed by atoms with Crippen molar-refractivity contribution in [1.29, 1.82) is 0 Å². The van der Waals surface area contributed by atoms with Crippen molar-refractivity contribution in [2.45, 2.75) is 48.0 Å². The summed E-state index contributed by atoms with van der Waals surface area (Å²) < 4.78 is 2.75. The van der Waals surface area contributed by atoms with Crippen LogP contribution in [-0.2, 0) is 0 Å². The van der Waals surface area contributed by atoms with Crippen molar-refractivity contribution < 1.29 is 0 Å². The van der Waals surface area contributed by atoms with Crippen LogP contribution >= 0.6 is 39.0 Å². The first kappa shape index (κ1) is 15.9.